The number of carbonyl (C=O) groups excluding carboxylic acids is 2. The summed E-state index contributed by atoms with van der Waals surface area (Å²) in [4.78, 5) is 37.4. The number of nitrogens with zero attached hydrogens (tertiary/aromatic N) is 4. The van der Waals surface area contributed by atoms with Crippen LogP contribution in [-0.4, -0.2) is 50.3 Å². The number of nitro groups is 1. The van der Waals surface area contributed by atoms with Crippen LogP contribution in [-0.2, 0) is 0 Å². The number of hydrazone groups is 2. The molecule has 0 saturated heterocycles. The molecule has 0 spiro atoms. The summed E-state index contributed by atoms with van der Waals surface area (Å²) >= 11 is 22.4. The van der Waals surface area contributed by atoms with E-state index in [1.54, 1.807) is 48.5 Å². The summed E-state index contributed by atoms with van der Waals surface area (Å²) in [5, 5.41) is 27.3. The number of fused-ring (bicyclic) bond motifs is 1. The van der Waals surface area contributed by atoms with Crippen LogP contribution in [0.15, 0.2) is 76.9 Å². The van der Waals surface area contributed by atoms with Crippen molar-refractivity contribution in [3.63, 3.8) is 0 Å². The van der Waals surface area contributed by atoms with E-state index in [1.807, 2.05) is 0 Å². The van der Waals surface area contributed by atoms with Crippen LogP contribution in [0.2, 0.25) is 10.0 Å². The fourth-order valence-electron chi connectivity index (χ4n) is 3.91. The Labute approximate surface area is 266 Å². The van der Waals surface area contributed by atoms with Gasteiger partial charge in [-0.15, -0.1) is 0 Å². The van der Waals surface area contributed by atoms with Crippen LogP contribution < -0.4 is 21.5 Å². The van der Waals surface area contributed by atoms with Gasteiger partial charge in [-0.1, -0.05) is 29.3 Å². The zero-order valence-corrected chi connectivity index (χ0v) is 25.2. The first-order valence-corrected chi connectivity index (χ1v) is 14.1. The van der Waals surface area contributed by atoms with Crippen molar-refractivity contribution in [2.75, 3.05) is 17.2 Å². The third-order valence-electron chi connectivity index (χ3n) is 5.87. The first kappa shape index (κ1) is 31.4. The Morgan fingerprint density at radius 2 is 1.47 bits per heavy atom. The number of hydrogen-bond acceptors (Lipinski definition) is 8. The van der Waals surface area contributed by atoms with Crippen molar-refractivity contribution in [3.8, 4) is 0 Å². The molecule has 0 fully saturated rings. The molecule has 0 radical (unpaired) electrons. The minimum Gasteiger partial charge on any atom is -0.331 e. The lowest BCUT2D eigenvalue weighted by Crippen LogP contribution is -2.31. The Balaban J connectivity index is 1.40. The lowest BCUT2D eigenvalue weighted by molar-refractivity contribution is -0.385. The molecule has 2 amide bonds. The van der Waals surface area contributed by atoms with Gasteiger partial charge in [-0.05, 0) is 91.9 Å². The average Bonchev–Trinajstić information content (AvgIpc) is 3.22. The highest BCUT2D eigenvalue weighted by atomic mass is 35.5. The molecule has 0 aliphatic carbocycles. The van der Waals surface area contributed by atoms with Gasteiger partial charge in [0.2, 0.25) is 0 Å². The Bertz CT molecular complexity index is 1630. The van der Waals surface area contributed by atoms with Crippen molar-refractivity contribution < 1.29 is 14.5 Å². The number of nitrogens with one attached hydrogen (secondary N) is 4. The number of nitro benzene ring substituents is 1. The van der Waals surface area contributed by atoms with E-state index >= 15 is 0 Å². The van der Waals surface area contributed by atoms with Gasteiger partial charge in [0, 0.05) is 34.0 Å². The monoisotopic (exact) mass is 656 g/mol. The third kappa shape index (κ3) is 8.51. The maximum absolute atomic E-state index is 12.9. The van der Waals surface area contributed by atoms with Crippen molar-refractivity contribution in [2.45, 2.75) is 12.8 Å². The molecule has 16 heteroatoms. The standard InChI is InChI=1S/C27H22Cl2N8O4S2/c28-16-6-10-18(11-7-16)31-26(42)34-30-15-20(33-35-27(43)32-19-12-8-17(29)9-13-19)3-2-14-36-24(38)21-4-1-5-22(37(40)41)23(21)25(36)39/h1,4-13,15H,2-3,14H2,(H2,31,34,42)(H2,32,35,43)/b30-15+,33-20+. The Morgan fingerprint density at radius 1 is 0.884 bits per heavy atom. The minimum atomic E-state index is -0.716. The highest BCUT2D eigenvalue weighted by molar-refractivity contribution is 7.80. The van der Waals surface area contributed by atoms with Crippen LogP contribution >= 0.6 is 47.6 Å². The quantitative estimate of drug-likeness (QED) is 0.0713. The summed E-state index contributed by atoms with van der Waals surface area (Å²) < 4.78 is 0. The summed E-state index contributed by atoms with van der Waals surface area (Å²) in [5.41, 5.74) is 6.58. The fraction of sp³-hybridized carbons (Fsp3) is 0.111. The fourth-order valence-corrected chi connectivity index (χ4v) is 4.50. The van der Waals surface area contributed by atoms with E-state index in [1.165, 1.54) is 24.4 Å². The zero-order chi connectivity index (χ0) is 30.9. The minimum absolute atomic E-state index is 0.000780. The van der Waals surface area contributed by atoms with Crippen molar-refractivity contribution >= 4 is 98.7 Å². The van der Waals surface area contributed by atoms with E-state index in [2.05, 4.69) is 31.7 Å². The predicted molar refractivity (Wildman–Crippen MR) is 175 cm³/mol. The molecule has 0 atom stereocenters. The first-order valence-electron chi connectivity index (χ1n) is 12.5. The van der Waals surface area contributed by atoms with Gasteiger partial charge in [0.15, 0.2) is 10.2 Å². The molecule has 0 saturated carbocycles. The molecular formula is C27H22Cl2N8O4S2. The van der Waals surface area contributed by atoms with Gasteiger partial charge >= 0.3 is 0 Å². The Kier molecular flexibility index (Phi) is 10.7. The molecule has 4 rings (SSSR count). The largest absolute Gasteiger partial charge is 0.331 e. The van der Waals surface area contributed by atoms with Gasteiger partial charge in [-0.3, -0.25) is 35.5 Å². The van der Waals surface area contributed by atoms with Crippen LogP contribution in [0.1, 0.15) is 33.6 Å². The number of anilines is 2. The summed E-state index contributed by atoms with van der Waals surface area (Å²) in [6.07, 6.45) is 1.92. The number of thiocarbonyl (C=S) groups is 2. The van der Waals surface area contributed by atoms with Crippen molar-refractivity contribution in [2.24, 2.45) is 10.2 Å². The van der Waals surface area contributed by atoms with Crippen LogP contribution in [0, 0.1) is 10.1 Å². The smallest absolute Gasteiger partial charge is 0.282 e. The molecule has 1 aliphatic heterocycles. The number of benzene rings is 3. The van der Waals surface area contributed by atoms with Crippen LogP contribution in [0.5, 0.6) is 0 Å². The maximum Gasteiger partial charge on any atom is 0.282 e. The lowest BCUT2D eigenvalue weighted by Gasteiger charge is -2.13. The molecule has 1 aliphatic rings. The molecule has 3 aromatic rings. The van der Waals surface area contributed by atoms with Gasteiger partial charge in [0.05, 0.1) is 22.4 Å². The van der Waals surface area contributed by atoms with E-state index in [0.717, 1.165) is 4.90 Å². The van der Waals surface area contributed by atoms with E-state index < -0.39 is 22.4 Å². The second-order valence-electron chi connectivity index (χ2n) is 8.83. The molecule has 12 nitrogen and oxygen atoms in total. The topological polar surface area (TPSA) is 153 Å². The highest BCUT2D eigenvalue weighted by Crippen LogP contribution is 2.30. The molecule has 0 bridgehead atoms. The summed E-state index contributed by atoms with van der Waals surface area (Å²) in [5.74, 6) is -1.31. The number of halogens is 2. The SMILES string of the molecule is O=C1c2cccc([N+](=O)[O-])c2C(=O)N1CCCC(/C=N/NC(=S)Nc1ccc(Cl)cc1)=N\NC(=S)Nc1ccc(Cl)cc1. The van der Waals surface area contributed by atoms with Crippen LogP contribution in [0.4, 0.5) is 17.1 Å². The van der Waals surface area contributed by atoms with E-state index in [9.17, 15) is 19.7 Å². The zero-order valence-electron chi connectivity index (χ0n) is 22.0. The predicted octanol–water partition coefficient (Wildman–Crippen LogP) is 5.59. The number of rotatable bonds is 10. The first-order chi connectivity index (χ1) is 20.6. The molecule has 220 valence electrons. The van der Waals surface area contributed by atoms with E-state index in [-0.39, 0.29) is 40.7 Å². The number of hydrogen-bond donors (Lipinski definition) is 4. The molecule has 0 aromatic heterocycles. The van der Waals surface area contributed by atoms with E-state index in [4.69, 9.17) is 47.6 Å². The van der Waals surface area contributed by atoms with Gasteiger partial charge in [-0.2, -0.15) is 10.2 Å². The molecule has 0 unspecified atom stereocenters. The van der Waals surface area contributed by atoms with Gasteiger partial charge in [-0.25, -0.2) is 0 Å². The van der Waals surface area contributed by atoms with Gasteiger partial charge in [0.25, 0.3) is 17.5 Å². The van der Waals surface area contributed by atoms with Gasteiger partial charge < -0.3 is 10.6 Å². The molecule has 43 heavy (non-hydrogen) atoms. The van der Waals surface area contributed by atoms with Crippen molar-refractivity contribution in [1.82, 2.24) is 15.8 Å². The third-order valence-corrected chi connectivity index (χ3v) is 6.76. The highest BCUT2D eigenvalue weighted by Gasteiger charge is 2.40. The average molecular weight is 658 g/mol. The summed E-state index contributed by atoms with van der Waals surface area (Å²) in [6.45, 7) is -0.00616. The van der Waals surface area contributed by atoms with E-state index in [0.29, 0.717) is 27.1 Å². The second kappa shape index (κ2) is 14.6. The lowest BCUT2D eigenvalue weighted by atomic mass is 10.1. The van der Waals surface area contributed by atoms with Crippen molar-refractivity contribution in [3.05, 3.63) is 98.0 Å². The molecular weight excluding hydrogens is 635 g/mol. The van der Waals surface area contributed by atoms with Crippen molar-refractivity contribution in [1.29, 1.82) is 0 Å². The number of carbonyl (C=O) groups is 2. The second-order valence-corrected chi connectivity index (χ2v) is 10.5. The summed E-state index contributed by atoms with van der Waals surface area (Å²) in [7, 11) is 0. The van der Waals surface area contributed by atoms with Crippen LogP contribution in [0.25, 0.3) is 0 Å². The number of imide groups is 1. The summed E-state index contributed by atoms with van der Waals surface area (Å²) in [6, 6.07) is 17.8. The number of amides is 2. The van der Waals surface area contributed by atoms with Crippen LogP contribution in [0.3, 0.4) is 0 Å². The molecule has 3 aromatic carbocycles. The molecule has 1 heterocycles. The van der Waals surface area contributed by atoms with Gasteiger partial charge in [0.1, 0.15) is 5.56 Å². The molecule has 4 N–H and O–H groups in total. The normalized spacial score (nSPS) is 12.7. The Hall–Kier alpha value is -4.50. The maximum atomic E-state index is 12.9. The Morgan fingerprint density at radius 3 is 2.05 bits per heavy atom.